The van der Waals surface area contributed by atoms with Gasteiger partial charge in [-0.05, 0) is 64.0 Å². The van der Waals surface area contributed by atoms with Gasteiger partial charge in [-0.1, -0.05) is 97.1 Å². The number of nitrogens with zero attached hydrogens (tertiary/aromatic N) is 3. The van der Waals surface area contributed by atoms with E-state index in [4.69, 9.17) is 14.4 Å². The van der Waals surface area contributed by atoms with Crippen LogP contribution in [0.2, 0.25) is 0 Å². The fourth-order valence-corrected chi connectivity index (χ4v) is 8.58. The second-order valence-corrected chi connectivity index (χ2v) is 13.3. The van der Waals surface area contributed by atoms with Crippen LogP contribution in [0, 0.1) is 0 Å². The van der Waals surface area contributed by atoms with Gasteiger partial charge in [0.25, 0.3) is 0 Å². The summed E-state index contributed by atoms with van der Waals surface area (Å²) in [5.74, 6) is 0.787. The molecular formula is C42H23N3OS. The van der Waals surface area contributed by atoms with Crippen LogP contribution in [0.25, 0.3) is 103 Å². The molecule has 4 aromatic heterocycles. The quantitative estimate of drug-likeness (QED) is 0.194. The van der Waals surface area contributed by atoms with E-state index < -0.39 is 0 Å². The van der Waals surface area contributed by atoms with Gasteiger partial charge in [0.2, 0.25) is 5.71 Å². The molecule has 5 heteroatoms. The molecule has 0 unspecified atom stereocenters. The van der Waals surface area contributed by atoms with E-state index in [1.54, 1.807) is 0 Å². The molecule has 0 fully saturated rings. The predicted octanol–water partition coefficient (Wildman–Crippen LogP) is 11.8. The molecule has 4 heterocycles. The first-order chi connectivity index (χ1) is 23.3. The lowest BCUT2D eigenvalue weighted by molar-refractivity contribution is 0.653. The number of hydrogen-bond acceptors (Lipinski definition) is 4. The second kappa shape index (κ2) is 9.25. The second-order valence-electron chi connectivity index (χ2n) is 12.2. The summed E-state index contributed by atoms with van der Waals surface area (Å²) >= 11 is 1.81. The molecule has 0 radical (unpaired) electrons. The van der Waals surface area contributed by atoms with Crippen LogP contribution in [0.5, 0.6) is 0 Å². The van der Waals surface area contributed by atoms with Crippen molar-refractivity contribution in [2.24, 2.45) is 0 Å². The third kappa shape index (κ3) is 3.52. The van der Waals surface area contributed by atoms with Crippen LogP contribution < -0.4 is 0 Å². The van der Waals surface area contributed by atoms with Gasteiger partial charge in [0.15, 0.2) is 5.82 Å². The molecule has 0 aliphatic rings. The summed E-state index contributed by atoms with van der Waals surface area (Å²) in [6.45, 7) is 0. The molecule has 7 aromatic carbocycles. The fourth-order valence-electron chi connectivity index (χ4n) is 7.44. The number of furan rings is 1. The predicted molar refractivity (Wildman–Crippen MR) is 197 cm³/mol. The minimum Gasteiger partial charge on any atom is -0.436 e. The number of fused-ring (bicyclic) bond motifs is 12. The minimum absolute atomic E-state index is 0.540. The Hall–Kier alpha value is -6.04. The van der Waals surface area contributed by atoms with E-state index in [0.717, 1.165) is 44.6 Å². The van der Waals surface area contributed by atoms with E-state index in [2.05, 4.69) is 126 Å². The van der Waals surface area contributed by atoms with Gasteiger partial charge in [-0.2, -0.15) is 0 Å². The molecule has 11 rings (SSSR count). The lowest BCUT2D eigenvalue weighted by atomic mass is 10.0. The molecule has 0 amide bonds. The molecule has 0 saturated heterocycles. The van der Waals surface area contributed by atoms with Crippen molar-refractivity contribution in [1.29, 1.82) is 0 Å². The Morgan fingerprint density at radius 2 is 1.23 bits per heavy atom. The zero-order valence-corrected chi connectivity index (χ0v) is 25.8. The van der Waals surface area contributed by atoms with E-state index in [-0.39, 0.29) is 0 Å². The van der Waals surface area contributed by atoms with E-state index >= 15 is 0 Å². The van der Waals surface area contributed by atoms with Crippen molar-refractivity contribution in [2.75, 3.05) is 0 Å². The Bertz CT molecular complexity index is 3090. The number of para-hydroxylation sites is 1. The summed E-state index contributed by atoms with van der Waals surface area (Å²) in [4.78, 5) is 10.8. The summed E-state index contributed by atoms with van der Waals surface area (Å²) in [5, 5.41) is 10.7. The Balaban J connectivity index is 1.32. The fraction of sp³-hybridized carbons (Fsp3) is 0. The van der Waals surface area contributed by atoms with Crippen LogP contribution in [-0.4, -0.2) is 14.5 Å². The van der Waals surface area contributed by atoms with Gasteiger partial charge >= 0.3 is 0 Å². The van der Waals surface area contributed by atoms with Crippen molar-refractivity contribution in [2.45, 2.75) is 0 Å². The zero-order chi connectivity index (χ0) is 30.6. The summed E-state index contributed by atoms with van der Waals surface area (Å²) in [6, 6.07) is 49.7. The highest BCUT2D eigenvalue weighted by atomic mass is 32.1. The maximum Gasteiger partial charge on any atom is 0.247 e. The monoisotopic (exact) mass is 617 g/mol. The molecule has 0 spiro atoms. The highest BCUT2D eigenvalue weighted by Crippen LogP contribution is 2.42. The normalized spacial score (nSPS) is 12.3. The summed E-state index contributed by atoms with van der Waals surface area (Å²) in [7, 11) is 0. The molecular weight excluding hydrogens is 595 g/mol. The van der Waals surface area contributed by atoms with Crippen molar-refractivity contribution < 1.29 is 4.42 Å². The lowest BCUT2D eigenvalue weighted by Gasteiger charge is -2.13. The molecule has 0 aliphatic carbocycles. The van der Waals surface area contributed by atoms with Crippen LogP contribution in [0.1, 0.15) is 0 Å². The van der Waals surface area contributed by atoms with Crippen LogP contribution in [0.3, 0.4) is 0 Å². The maximum atomic E-state index is 6.33. The average Bonchev–Trinajstić information content (AvgIpc) is 3.78. The topological polar surface area (TPSA) is 43.9 Å². The van der Waals surface area contributed by atoms with E-state index in [9.17, 15) is 0 Å². The molecule has 0 aliphatic heterocycles. The smallest absolute Gasteiger partial charge is 0.247 e. The summed E-state index contributed by atoms with van der Waals surface area (Å²) in [6.07, 6.45) is 0. The third-order valence-corrected chi connectivity index (χ3v) is 10.7. The maximum absolute atomic E-state index is 6.33. The van der Waals surface area contributed by atoms with Crippen LogP contribution in [-0.2, 0) is 0 Å². The Morgan fingerprint density at radius 3 is 2.13 bits per heavy atom. The standard InChI is InChI=1S/C42H23N3OS/c1-2-11-26-22-34-32(21-25(26)10-1)38-28-12-4-3-9-24(28)18-20-33(38)45(34)41-39(44-42-40(43-41)31-14-5-7-15-35(31)46-42)27-17-19-30-29-13-6-8-16-36(29)47-37(30)23-27/h1-23H. The molecule has 11 aromatic rings. The highest BCUT2D eigenvalue weighted by molar-refractivity contribution is 7.25. The average molecular weight is 618 g/mol. The van der Waals surface area contributed by atoms with Crippen molar-refractivity contribution >= 4 is 97.1 Å². The minimum atomic E-state index is 0.540. The van der Waals surface area contributed by atoms with E-state index in [1.807, 2.05) is 29.5 Å². The summed E-state index contributed by atoms with van der Waals surface area (Å²) in [5.41, 5.74) is 6.07. The molecule has 0 atom stereocenters. The van der Waals surface area contributed by atoms with Crippen LogP contribution in [0.15, 0.2) is 144 Å². The largest absolute Gasteiger partial charge is 0.436 e. The molecule has 4 nitrogen and oxygen atoms in total. The van der Waals surface area contributed by atoms with Crippen molar-refractivity contribution in [3.05, 3.63) is 140 Å². The number of rotatable bonds is 2. The Morgan fingerprint density at radius 1 is 0.511 bits per heavy atom. The van der Waals surface area contributed by atoms with Crippen molar-refractivity contribution in [3.8, 4) is 17.1 Å². The third-order valence-electron chi connectivity index (χ3n) is 9.58. The Kier molecular flexibility index (Phi) is 4.96. The number of aromatic nitrogens is 3. The first-order valence-corrected chi connectivity index (χ1v) is 16.6. The first kappa shape index (κ1) is 25.2. The first-order valence-electron chi connectivity index (χ1n) is 15.7. The van der Waals surface area contributed by atoms with Crippen LogP contribution >= 0.6 is 11.3 Å². The number of benzene rings is 7. The molecule has 218 valence electrons. The lowest BCUT2D eigenvalue weighted by Crippen LogP contribution is -2.03. The number of hydrogen-bond donors (Lipinski definition) is 0. The van der Waals surface area contributed by atoms with Gasteiger partial charge in [0.05, 0.1) is 11.0 Å². The molecule has 0 bridgehead atoms. The molecule has 0 saturated carbocycles. The molecule has 47 heavy (non-hydrogen) atoms. The van der Waals surface area contributed by atoms with Crippen molar-refractivity contribution in [1.82, 2.24) is 14.5 Å². The zero-order valence-electron chi connectivity index (χ0n) is 24.9. The molecule has 0 N–H and O–H groups in total. The van der Waals surface area contributed by atoms with Gasteiger partial charge in [-0.3, -0.25) is 4.57 Å². The van der Waals surface area contributed by atoms with E-state index in [1.165, 1.54) is 52.5 Å². The van der Waals surface area contributed by atoms with E-state index in [0.29, 0.717) is 5.71 Å². The van der Waals surface area contributed by atoms with Gasteiger partial charge < -0.3 is 4.42 Å². The summed E-state index contributed by atoms with van der Waals surface area (Å²) < 4.78 is 11.2. The SMILES string of the molecule is c1ccc2cc3c(cc2c1)c1c2ccccc2ccc1n3-c1nc2c(nc1-c1ccc3c(c1)sc1ccccc13)oc1ccccc12. The highest BCUT2D eigenvalue weighted by Gasteiger charge is 2.23. The van der Waals surface area contributed by atoms with Gasteiger partial charge in [0.1, 0.15) is 16.8 Å². The van der Waals surface area contributed by atoms with Gasteiger partial charge in [-0.15, -0.1) is 11.3 Å². The van der Waals surface area contributed by atoms with Crippen LogP contribution in [0.4, 0.5) is 0 Å². The number of thiophene rings is 1. The van der Waals surface area contributed by atoms with Crippen molar-refractivity contribution in [3.63, 3.8) is 0 Å². The van der Waals surface area contributed by atoms with Gasteiger partial charge in [-0.25, -0.2) is 9.97 Å². The Labute approximate surface area is 271 Å². The van der Waals surface area contributed by atoms with Gasteiger partial charge in [0, 0.05) is 41.9 Å².